The Hall–Kier alpha value is -0.590. The summed E-state index contributed by atoms with van der Waals surface area (Å²) in [6, 6.07) is 2.53. The fourth-order valence-electron chi connectivity index (χ4n) is 5.52. The van der Waals surface area contributed by atoms with Crippen molar-refractivity contribution in [1.29, 1.82) is 5.26 Å². The van der Waals surface area contributed by atoms with Crippen LogP contribution in [0.4, 0.5) is 0 Å². The van der Waals surface area contributed by atoms with Gasteiger partial charge in [-0.15, -0.1) is 0 Å². The van der Waals surface area contributed by atoms with Crippen LogP contribution in [0.25, 0.3) is 0 Å². The smallest absolute Gasteiger partial charge is 0.224 e. The van der Waals surface area contributed by atoms with Crippen LogP contribution in [0.5, 0.6) is 0 Å². The fourth-order valence-corrected chi connectivity index (χ4v) is 5.52. The summed E-state index contributed by atoms with van der Waals surface area (Å²) in [5, 5.41) is 9.40. The molecule has 3 saturated carbocycles. The van der Waals surface area contributed by atoms with Crippen molar-refractivity contribution in [3.05, 3.63) is 13.2 Å². The zero-order valence-electron chi connectivity index (χ0n) is 17.9. The minimum atomic E-state index is 0.254. The maximum atomic E-state index is 9.40. The maximum absolute atomic E-state index is 9.40. The van der Waals surface area contributed by atoms with Crippen molar-refractivity contribution in [2.75, 3.05) is 0 Å². The molecule has 158 valence electrons. The van der Waals surface area contributed by atoms with E-state index in [9.17, 15) is 5.26 Å². The van der Waals surface area contributed by atoms with Crippen LogP contribution in [-0.2, 0) is 9.47 Å². The molecule has 3 atom stereocenters. The van der Waals surface area contributed by atoms with Crippen LogP contribution in [0.3, 0.4) is 0 Å². The molecule has 3 aliphatic carbocycles. The zero-order valence-corrected chi connectivity index (χ0v) is 17.9. The molecule has 1 aliphatic heterocycles. The van der Waals surface area contributed by atoms with Gasteiger partial charge in [-0.25, -0.2) is 0 Å². The Morgan fingerprint density at radius 3 is 2.07 bits per heavy atom. The van der Waals surface area contributed by atoms with E-state index in [1.54, 1.807) is 0 Å². The molecule has 2 radical (unpaired) electrons. The topological polar surface area (TPSA) is 42.2 Å². The molecule has 1 saturated heterocycles. The van der Waals surface area contributed by atoms with Crippen molar-refractivity contribution in [2.45, 2.75) is 121 Å². The molecule has 0 aromatic heterocycles. The first-order chi connectivity index (χ1) is 13.8. The van der Waals surface area contributed by atoms with Gasteiger partial charge in [0, 0.05) is 18.3 Å². The summed E-state index contributed by atoms with van der Waals surface area (Å²) >= 11 is 0. The summed E-state index contributed by atoms with van der Waals surface area (Å²) in [4.78, 5) is 0. The SMILES string of the molecule is [CH2]CCCCCCCCC(C#N)CCCCC[C]1OC2CC3CCC2C(C3)O1. The molecular weight excluding hydrogens is 346 g/mol. The van der Waals surface area contributed by atoms with Crippen LogP contribution in [0, 0.1) is 42.3 Å². The van der Waals surface area contributed by atoms with E-state index in [0.29, 0.717) is 18.1 Å². The molecule has 0 aromatic carbocycles. The third kappa shape index (κ3) is 6.74. The zero-order chi connectivity index (χ0) is 19.6. The van der Waals surface area contributed by atoms with Crippen molar-refractivity contribution in [3.8, 4) is 6.07 Å². The van der Waals surface area contributed by atoms with Crippen molar-refractivity contribution < 1.29 is 9.47 Å². The predicted molar refractivity (Wildman–Crippen MR) is 113 cm³/mol. The Bertz CT molecular complexity index is 458. The fraction of sp³-hybridized carbons (Fsp3) is 0.880. The normalized spacial score (nSPS) is 30.3. The maximum Gasteiger partial charge on any atom is 0.224 e. The highest BCUT2D eigenvalue weighted by Crippen LogP contribution is 2.49. The number of hydrogen-bond acceptors (Lipinski definition) is 3. The molecule has 0 N–H and O–H groups in total. The first kappa shape index (κ1) is 22.1. The van der Waals surface area contributed by atoms with E-state index in [2.05, 4.69) is 13.0 Å². The van der Waals surface area contributed by atoms with E-state index in [1.807, 2.05) is 0 Å². The first-order valence-electron chi connectivity index (χ1n) is 12.2. The van der Waals surface area contributed by atoms with Gasteiger partial charge in [0.05, 0.1) is 18.3 Å². The molecule has 0 spiro atoms. The number of unbranched alkanes of at least 4 members (excludes halogenated alkanes) is 8. The molecule has 1 heterocycles. The van der Waals surface area contributed by atoms with Crippen LogP contribution in [0.2, 0.25) is 0 Å². The van der Waals surface area contributed by atoms with E-state index in [-0.39, 0.29) is 5.92 Å². The summed E-state index contributed by atoms with van der Waals surface area (Å²) in [5.41, 5.74) is 0. The van der Waals surface area contributed by atoms with Gasteiger partial charge in [-0.1, -0.05) is 64.7 Å². The van der Waals surface area contributed by atoms with E-state index in [4.69, 9.17) is 9.47 Å². The quantitative estimate of drug-likeness (QED) is 0.298. The predicted octanol–water partition coefficient (Wildman–Crippen LogP) is 7.13. The van der Waals surface area contributed by atoms with E-state index < -0.39 is 0 Å². The third-order valence-electron chi connectivity index (χ3n) is 7.23. The highest BCUT2D eigenvalue weighted by atomic mass is 16.7. The van der Waals surface area contributed by atoms with Gasteiger partial charge in [0.2, 0.25) is 6.29 Å². The lowest BCUT2D eigenvalue weighted by Crippen LogP contribution is -2.52. The summed E-state index contributed by atoms with van der Waals surface area (Å²) in [5.74, 6) is 1.76. The van der Waals surface area contributed by atoms with Crippen LogP contribution in [0.1, 0.15) is 109 Å². The van der Waals surface area contributed by atoms with Gasteiger partial charge in [-0.3, -0.25) is 0 Å². The molecule has 4 rings (SSSR count). The van der Waals surface area contributed by atoms with Crippen LogP contribution < -0.4 is 0 Å². The van der Waals surface area contributed by atoms with Gasteiger partial charge < -0.3 is 9.47 Å². The average Bonchev–Trinajstić information content (AvgIpc) is 2.71. The monoisotopic (exact) mass is 387 g/mol. The van der Waals surface area contributed by atoms with Gasteiger partial charge in [-0.05, 0) is 50.9 Å². The van der Waals surface area contributed by atoms with E-state index in [1.165, 1.54) is 70.6 Å². The Morgan fingerprint density at radius 2 is 1.46 bits per heavy atom. The third-order valence-corrected chi connectivity index (χ3v) is 7.23. The van der Waals surface area contributed by atoms with Crippen LogP contribution in [0.15, 0.2) is 0 Å². The van der Waals surface area contributed by atoms with Gasteiger partial charge in [0.1, 0.15) is 0 Å². The van der Waals surface area contributed by atoms with Crippen molar-refractivity contribution in [1.82, 2.24) is 0 Å². The van der Waals surface area contributed by atoms with Crippen molar-refractivity contribution in [3.63, 3.8) is 0 Å². The summed E-state index contributed by atoms with van der Waals surface area (Å²) in [6.45, 7) is 3.89. The lowest BCUT2D eigenvalue weighted by Gasteiger charge is -2.51. The van der Waals surface area contributed by atoms with E-state index >= 15 is 0 Å². The number of nitrogens with zero attached hydrogens (tertiary/aromatic N) is 1. The molecule has 4 aliphatic rings. The Labute approximate surface area is 173 Å². The second kappa shape index (κ2) is 12.2. The molecule has 3 heteroatoms. The van der Waals surface area contributed by atoms with Crippen molar-refractivity contribution >= 4 is 0 Å². The number of nitriles is 1. The largest absolute Gasteiger partial charge is 0.342 e. The van der Waals surface area contributed by atoms with Gasteiger partial charge in [0.25, 0.3) is 0 Å². The summed E-state index contributed by atoms with van der Waals surface area (Å²) in [6.07, 6.45) is 22.4. The number of ether oxygens (including phenoxy) is 2. The number of fused-ring (bicyclic) bond motifs is 1. The average molecular weight is 388 g/mol. The molecular formula is C25H41NO2. The Kier molecular flexibility index (Phi) is 9.62. The van der Waals surface area contributed by atoms with Crippen molar-refractivity contribution in [2.24, 2.45) is 17.8 Å². The van der Waals surface area contributed by atoms with Crippen LogP contribution in [-0.4, -0.2) is 12.2 Å². The minimum absolute atomic E-state index is 0.254. The van der Waals surface area contributed by atoms with Gasteiger partial charge in [-0.2, -0.15) is 5.26 Å². The molecule has 3 nitrogen and oxygen atoms in total. The molecule has 3 unspecified atom stereocenters. The molecule has 28 heavy (non-hydrogen) atoms. The standard InChI is InChI=1S/C25H41NO2/c1-2-3-4-5-6-7-9-12-20(19-26)13-10-8-11-14-25-27-23-17-21-15-16-22(23)24(18-21)28-25/h20-24H,1-18H2. The molecule has 0 amide bonds. The second-order valence-corrected chi connectivity index (χ2v) is 9.45. The highest BCUT2D eigenvalue weighted by molar-refractivity contribution is 4.98. The summed E-state index contributed by atoms with van der Waals surface area (Å²) in [7, 11) is 0. The van der Waals surface area contributed by atoms with Crippen LogP contribution >= 0.6 is 0 Å². The number of hydrogen-bond donors (Lipinski definition) is 0. The lowest BCUT2D eigenvalue weighted by molar-refractivity contribution is -0.243. The second-order valence-electron chi connectivity index (χ2n) is 9.45. The lowest BCUT2D eigenvalue weighted by atomic mass is 9.67. The first-order valence-corrected chi connectivity index (χ1v) is 12.2. The molecule has 4 bridgehead atoms. The minimum Gasteiger partial charge on any atom is -0.342 e. The Balaban J connectivity index is 1.18. The highest BCUT2D eigenvalue weighted by Gasteiger charge is 2.48. The number of rotatable bonds is 14. The molecule has 0 aromatic rings. The van der Waals surface area contributed by atoms with Gasteiger partial charge in [0.15, 0.2) is 0 Å². The Morgan fingerprint density at radius 1 is 0.857 bits per heavy atom. The summed E-state index contributed by atoms with van der Waals surface area (Å²) < 4.78 is 12.4. The molecule has 4 fully saturated rings. The van der Waals surface area contributed by atoms with Gasteiger partial charge >= 0.3 is 0 Å². The van der Waals surface area contributed by atoms with E-state index in [0.717, 1.165) is 50.7 Å².